The molecule has 5 heteroatoms. The number of nitrogens with one attached hydrogen (secondary N) is 1. The molecule has 5 nitrogen and oxygen atoms in total. The Bertz CT molecular complexity index is 224. The molecular formula is C7H12N4O. The summed E-state index contributed by atoms with van der Waals surface area (Å²) in [5.41, 5.74) is 8.85. The van der Waals surface area contributed by atoms with E-state index in [9.17, 15) is 4.79 Å². The molecule has 0 bridgehead atoms. The third kappa shape index (κ3) is 6.64. The van der Waals surface area contributed by atoms with Crippen molar-refractivity contribution < 1.29 is 4.79 Å². The molecule has 1 amide bonds. The first-order valence-corrected chi connectivity index (χ1v) is 3.60. The van der Waals surface area contributed by atoms with Gasteiger partial charge in [-0.2, -0.15) is 0 Å². The predicted molar refractivity (Wildman–Crippen MR) is 46.5 cm³/mol. The quantitative estimate of drug-likeness (QED) is 0.222. The lowest BCUT2D eigenvalue weighted by Crippen LogP contribution is -2.23. The average Bonchev–Trinajstić information content (AvgIpc) is 1.97. The van der Waals surface area contributed by atoms with E-state index in [2.05, 4.69) is 15.3 Å². The summed E-state index contributed by atoms with van der Waals surface area (Å²) in [5.74, 6) is -0.150. The summed E-state index contributed by atoms with van der Waals surface area (Å²) < 4.78 is 0. The van der Waals surface area contributed by atoms with Crippen LogP contribution in [0.4, 0.5) is 0 Å². The van der Waals surface area contributed by atoms with Gasteiger partial charge in [-0.05, 0) is 19.4 Å². The molecule has 0 spiro atoms. The lowest BCUT2D eigenvalue weighted by molar-refractivity contribution is -0.116. The van der Waals surface area contributed by atoms with E-state index >= 15 is 0 Å². The molecule has 0 heterocycles. The topological polar surface area (TPSA) is 77.9 Å². The van der Waals surface area contributed by atoms with E-state index in [-0.39, 0.29) is 5.91 Å². The normalized spacial score (nSPS) is 8.17. The zero-order chi connectivity index (χ0) is 9.40. The van der Waals surface area contributed by atoms with Crippen LogP contribution in [-0.2, 0) is 4.79 Å². The molecule has 0 atom stereocenters. The van der Waals surface area contributed by atoms with Crippen LogP contribution in [0.2, 0.25) is 0 Å². The van der Waals surface area contributed by atoms with Crippen molar-refractivity contribution in [2.75, 3.05) is 13.1 Å². The fourth-order valence-corrected chi connectivity index (χ4v) is 0.587. The van der Waals surface area contributed by atoms with E-state index < -0.39 is 0 Å². The Morgan fingerprint density at radius 1 is 1.67 bits per heavy atom. The molecule has 0 saturated carbocycles. The molecule has 12 heavy (non-hydrogen) atoms. The molecular weight excluding hydrogens is 156 g/mol. The monoisotopic (exact) mass is 168 g/mol. The fourth-order valence-electron chi connectivity index (χ4n) is 0.587. The zero-order valence-electron chi connectivity index (χ0n) is 7.24. The smallest absolute Gasteiger partial charge is 0.243 e. The molecule has 0 unspecified atom stereocenters. The van der Waals surface area contributed by atoms with Crippen LogP contribution in [0.15, 0.2) is 16.8 Å². The number of carbonyl (C=O) groups excluding carboxylic acids is 1. The maximum absolute atomic E-state index is 10.9. The molecule has 0 aromatic rings. The molecule has 0 aliphatic rings. The molecule has 66 valence electrons. The van der Waals surface area contributed by atoms with Crippen molar-refractivity contribution in [3.8, 4) is 0 Å². The third-order valence-electron chi connectivity index (χ3n) is 0.994. The molecule has 1 N–H and O–H groups in total. The maximum atomic E-state index is 10.9. The second kappa shape index (κ2) is 6.24. The fraction of sp³-hybridized carbons (Fsp3) is 0.571. The molecule has 0 saturated heterocycles. The van der Waals surface area contributed by atoms with E-state index in [0.29, 0.717) is 13.1 Å². The Morgan fingerprint density at radius 3 is 2.83 bits per heavy atom. The highest BCUT2D eigenvalue weighted by Crippen LogP contribution is 1.86. The van der Waals surface area contributed by atoms with Gasteiger partial charge in [0.15, 0.2) is 0 Å². The first kappa shape index (κ1) is 10.5. The van der Waals surface area contributed by atoms with E-state index in [1.165, 1.54) is 6.08 Å². The first-order chi connectivity index (χ1) is 5.66. The number of carbonyl (C=O) groups is 1. The molecule has 0 radical (unpaired) electrons. The summed E-state index contributed by atoms with van der Waals surface area (Å²) in [6.07, 6.45) is 1.50. The van der Waals surface area contributed by atoms with Crippen molar-refractivity contribution in [3.05, 3.63) is 22.1 Å². The van der Waals surface area contributed by atoms with Crippen LogP contribution < -0.4 is 5.32 Å². The van der Waals surface area contributed by atoms with E-state index in [1.807, 2.05) is 13.8 Å². The van der Waals surface area contributed by atoms with Crippen LogP contribution in [0, 0.1) is 0 Å². The Kier molecular flexibility index (Phi) is 5.47. The maximum Gasteiger partial charge on any atom is 0.243 e. The average molecular weight is 168 g/mol. The second-order valence-corrected chi connectivity index (χ2v) is 2.47. The Labute approximate surface area is 71.1 Å². The summed E-state index contributed by atoms with van der Waals surface area (Å²) in [6, 6.07) is 0. The molecule has 0 aliphatic carbocycles. The second-order valence-electron chi connectivity index (χ2n) is 2.47. The number of nitrogens with zero attached hydrogens (tertiary/aromatic N) is 3. The minimum Gasteiger partial charge on any atom is -0.352 e. The van der Waals surface area contributed by atoms with Gasteiger partial charge in [-0.1, -0.05) is 10.7 Å². The number of allylic oxidation sites excluding steroid dienone is 1. The zero-order valence-corrected chi connectivity index (χ0v) is 7.24. The van der Waals surface area contributed by atoms with Crippen molar-refractivity contribution in [1.82, 2.24) is 5.32 Å². The minimum atomic E-state index is -0.150. The SMILES string of the molecule is CC(C)=CC(=O)NCCN=[N+]=[N-]. The molecule has 0 aliphatic heterocycles. The molecule has 0 fully saturated rings. The summed E-state index contributed by atoms with van der Waals surface area (Å²) in [5, 5.41) is 5.84. The van der Waals surface area contributed by atoms with Gasteiger partial charge in [-0.3, -0.25) is 4.79 Å². The molecule has 0 aromatic heterocycles. The van der Waals surface area contributed by atoms with Gasteiger partial charge >= 0.3 is 0 Å². The third-order valence-corrected chi connectivity index (χ3v) is 0.994. The standard InChI is InChI=1S/C7H12N4O/c1-6(2)5-7(12)9-3-4-10-11-8/h5H,3-4H2,1-2H3,(H,9,12). The summed E-state index contributed by atoms with van der Waals surface area (Å²) in [4.78, 5) is 13.4. The Hall–Kier alpha value is -1.48. The van der Waals surface area contributed by atoms with Crippen LogP contribution in [-0.4, -0.2) is 19.0 Å². The van der Waals surface area contributed by atoms with Gasteiger partial charge in [0.25, 0.3) is 0 Å². The van der Waals surface area contributed by atoms with Gasteiger partial charge in [0, 0.05) is 24.1 Å². The predicted octanol–water partition coefficient (Wildman–Crippen LogP) is 1.38. The highest BCUT2D eigenvalue weighted by Gasteiger charge is 1.92. The van der Waals surface area contributed by atoms with E-state index in [4.69, 9.17) is 5.53 Å². The van der Waals surface area contributed by atoms with Gasteiger partial charge in [0.1, 0.15) is 0 Å². The van der Waals surface area contributed by atoms with E-state index in [0.717, 1.165) is 5.57 Å². The van der Waals surface area contributed by atoms with Crippen LogP contribution in [0.5, 0.6) is 0 Å². The minimum absolute atomic E-state index is 0.150. The number of rotatable bonds is 4. The Morgan fingerprint density at radius 2 is 2.33 bits per heavy atom. The van der Waals surface area contributed by atoms with Crippen LogP contribution in [0.3, 0.4) is 0 Å². The molecule has 0 aromatic carbocycles. The number of azide groups is 1. The van der Waals surface area contributed by atoms with Crippen LogP contribution in [0.25, 0.3) is 10.4 Å². The highest BCUT2D eigenvalue weighted by atomic mass is 16.1. The Balaban J connectivity index is 3.58. The number of hydrogen-bond donors (Lipinski definition) is 1. The lowest BCUT2D eigenvalue weighted by atomic mass is 10.3. The van der Waals surface area contributed by atoms with Gasteiger partial charge in [-0.25, -0.2) is 0 Å². The summed E-state index contributed by atoms with van der Waals surface area (Å²) in [6.45, 7) is 4.35. The van der Waals surface area contributed by atoms with E-state index in [1.54, 1.807) is 0 Å². The number of amides is 1. The van der Waals surface area contributed by atoms with Crippen LogP contribution >= 0.6 is 0 Å². The van der Waals surface area contributed by atoms with Crippen molar-refractivity contribution in [3.63, 3.8) is 0 Å². The van der Waals surface area contributed by atoms with Crippen molar-refractivity contribution in [2.45, 2.75) is 13.8 Å². The largest absolute Gasteiger partial charge is 0.352 e. The van der Waals surface area contributed by atoms with Crippen molar-refractivity contribution in [2.24, 2.45) is 5.11 Å². The van der Waals surface area contributed by atoms with Crippen LogP contribution in [0.1, 0.15) is 13.8 Å². The highest BCUT2D eigenvalue weighted by molar-refractivity contribution is 5.87. The summed E-state index contributed by atoms with van der Waals surface area (Å²) in [7, 11) is 0. The van der Waals surface area contributed by atoms with Gasteiger partial charge in [0.2, 0.25) is 5.91 Å². The van der Waals surface area contributed by atoms with Gasteiger partial charge in [0.05, 0.1) is 0 Å². The van der Waals surface area contributed by atoms with Crippen molar-refractivity contribution >= 4 is 5.91 Å². The lowest BCUT2D eigenvalue weighted by Gasteiger charge is -1.97. The van der Waals surface area contributed by atoms with Gasteiger partial charge < -0.3 is 5.32 Å². The number of hydrogen-bond acceptors (Lipinski definition) is 2. The molecule has 0 rings (SSSR count). The summed E-state index contributed by atoms with van der Waals surface area (Å²) >= 11 is 0. The van der Waals surface area contributed by atoms with Gasteiger partial charge in [-0.15, -0.1) is 0 Å². The first-order valence-electron chi connectivity index (χ1n) is 3.60. The van der Waals surface area contributed by atoms with Crippen molar-refractivity contribution in [1.29, 1.82) is 0 Å².